The predicted octanol–water partition coefficient (Wildman–Crippen LogP) is 2.03. The number of nitrogens with zero attached hydrogens (tertiary/aromatic N) is 3. The number of hydrogen-bond acceptors (Lipinski definition) is 4. The Morgan fingerprint density at radius 3 is 2.75 bits per heavy atom. The van der Waals surface area contributed by atoms with Crippen LogP contribution in [0.15, 0.2) is 36.5 Å². The maximum atomic E-state index is 11.2. The zero-order valence-corrected chi connectivity index (χ0v) is 15.1. The smallest absolute Gasteiger partial charge is 0.208 e. The molecule has 0 bridgehead atoms. The van der Waals surface area contributed by atoms with Crippen molar-refractivity contribution < 1.29 is 8.42 Å². The molecule has 0 fully saturated rings. The van der Waals surface area contributed by atoms with Crippen LogP contribution in [0.4, 0.5) is 0 Å². The summed E-state index contributed by atoms with van der Waals surface area (Å²) in [5.41, 5.74) is 2.36. The van der Waals surface area contributed by atoms with E-state index in [4.69, 9.17) is 11.6 Å². The molecule has 1 atom stereocenters. The van der Waals surface area contributed by atoms with E-state index in [0.29, 0.717) is 13.0 Å². The van der Waals surface area contributed by atoms with Crippen molar-refractivity contribution in [2.75, 3.05) is 19.3 Å². The molecule has 0 radical (unpaired) electrons. The van der Waals surface area contributed by atoms with E-state index in [-0.39, 0.29) is 6.04 Å². The number of rotatable bonds is 6. The van der Waals surface area contributed by atoms with Crippen molar-refractivity contribution in [2.45, 2.75) is 25.6 Å². The molecule has 130 valence electrons. The van der Waals surface area contributed by atoms with E-state index in [1.807, 2.05) is 35.0 Å². The number of aromatic nitrogens is 2. The largest absolute Gasteiger partial charge is 0.291 e. The maximum absolute atomic E-state index is 11.2. The highest BCUT2D eigenvalue weighted by molar-refractivity contribution is 7.88. The molecule has 0 unspecified atom stereocenters. The van der Waals surface area contributed by atoms with Crippen molar-refractivity contribution in [1.29, 1.82) is 0 Å². The fourth-order valence-corrected chi connectivity index (χ4v) is 3.67. The fraction of sp³-hybridized carbons (Fsp3) is 0.438. The number of sulfonamides is 1. The second kappa shape index (κ2) is 7.23. The third kappa shape index (κ3) is 4.57. The van der Waals surface area contributed by atoms with Gasteiger partial charge in [-0.15, -0.1) is 0 Å². The molecule has 1 aromatic heterocycles. The number of benzene rings is 1. The van der Waals surface area contributed by atoms with Gasteiger partial charge in [-0.3, -0.25) is 9.58 Å². The second-order valence-corrected chi connectivity index (χ2v) is 8.44. The molecule has 1 aromatic carbocycles. The van der Waals surface area contributed by atoms with Crippen LogP contribution < -0.4 is 4.72 Å². The lowest BCUT2D eigenvalue weighted by Crippen LogP contribution is -2.38. The summed E-state index contributed by atoms with van der Waals surface area (Å²) in [5.74, 6) is 0. The highest BCUT2D eigenvalue weighted by Gasteiger charge is 2.25. The van der Waals surface area contributed by atoms with Gasteiger partial charge in [0.2, 0.25) is 10.0 Å². The minimum atomic E-state index is -3.16. The third-order valence-electron chi connectivity index (χ3n) is 4.11. The molecule has 8 heteroatoms. The van der Waals surface area contributed by atoms with Gasteiger partial charge in [-0.05, 0) is 30.2 Å². The van der Waals surface area contributed by atoms with Crippen LogP contribution in [0.5, 0.6) is 0 Å². The van der Waals surface area contributed by atoms with E-state index < -0.39 is 10.0 Å². The molecule has 0 spiro atoms. The van der Waals surface area contributed by atoms with E-state index in [9.17, 15) is 8.42 Å². The Kier molecular flexibility index (Phi) is 5.24. The van der Waals surface area contributed by atoms with Crippen molar-refractivity contribution in [3.8, 4) is 0 Å². The topological polar surface area (TPSA) is 67.2 Å². The molecule has 24 heavy (non-hydrogen) atoms. The first-order valence-corrected chi connectivity index (χ1v) is 10.1. The van der Waals surface area contributed by atoms with Gasteiger partial charge >= 0.3 is 0 Å². The van der Waals surface area contributed by atoms with E-state index >= 15 is 0 Å². The summed E-state index contributed by atoms with van der Waals surface area (Å²) in [5, 5.41) is 5.14. The lowest BCUT2D eigenvalue weighted by molar-refractivity contribution is 0.162. The molecular weight excluding hydrogens is 348 g/mol. The van der Waals surface area contributed by atoms with Crippen LogP contribution in [0.25, 0.3) is 0 Å². The van der Waals surface area contributed by atoms with Crippen LogP contribution >= 0.6 is 11.6 Å². The van der Waals surface area contributed by atoms with Gasteiger partial charge in [0, 0.05) is 37.4 Å². The SMILES string of the molecule is CS(=O)(=O)NCC[C@H]1CN(Cc2ccc(Cl)cc2)Cc2ccnn21. The normalized spacial score (nSPS) is 18.5. The number of nitrogens with one attached hydrogen (secondary N) is 1. The van der Waals surface area contributed by atoms with Gasteiger partial charge < -0.3 is 0 Å². The molecule has 0 aliphatic carbocycles. The molecule has 1 aliphatic heterocycles. The first-order chi connectivity index (χ1) is 11.4. The van der Waals surface area contributed by atoms with Crippen LogP contribution in [-0.2, 0) is 23.1 Å². The fourth-order valence-electron chi connectivity index (χ4n) is 3.06. The Morgan fingerprint density at radius 1 is 1.29 bits per heavy atom. The van der Waals surface area contributed by atoms with Crippen molar-refractivity contribution in [3.63, 3.8) is 0 Å². The van der Waals surface area contributed by atoms with Crippen LogP contribution in [0.2, 0.25) is 5.02 Å². The molecule has 0 saturated heterocycles. The van der Waals surface area contributed by atoms with Gasteiger partial charge in [-0.25, -0.2) is 13.1 Å². The van der Waals surface area contributed by atoms with Gasteiger partial charge in [0.05, 0.1) is 18.0 Å². The third-order valence-corrected chi connectivity index (χ3v) is 5.09. The molecular formula is C16H21ClN4O2S. The molecule has 0 saturated carbocycles. The summed E-state index contributed by atoms with van der Waals surface area (Å²) in [4.78, 5) is 2.35. The van der Waals surface area contributed by atoms with Gasteiger partial charge in [0.1, 0.15) is 0 Å². The van der Waals surface area contributed by atoms with Gasteiger partial charge in [-0.1, -0.05) is 23.7 Å². The van der Waals surface area contributed by atoms with Gasteiger partial charge in [-0.2, -0.15) is 5.10 Å². The summed E-state index contributed by atoms with van der Waals surface area (Å²) in [6.45, 7) is 2.91. The number of halogens is 1. The Bertz CT molecular complexity index is 789. The van der Waals surface area contributed by atoms with Crippen LogP contribution in [0, 0.1) is 0 Å². The number of fused-ring (bicyclic) bond motifs is 1. The Labute approximate surface area is 147 Å². The summed E-state index contributed by atoms with van der Waals surface area (Å²) >= 11 is 5.94. The van der Waals surface area contributed by atoms with Gasteiger partial charge in [0.15, 0.2) is 0 Å². The molecule has 6 nitrogen and oxygen atoms in total. The average molecular weight is 369 g/mol. The van der Waals surface area contributed by atoms with Crippen LogP contribution in [-0.4, -0.2) is 42.4 Å². The molecule has 0 amide bonds. The van der Waals surface area contributed by atoms with E-state index in [1.54, 1.807) is 6.20 Å². The van der Waals surface area contributed by atoms with Crippen molar-refractivity contribution in [3.05, 3.63) is 52.8 Å². The zero-order chi connectivity index (χ0) is 17.2. The molecule has 2 heterocycles. The monoisotopic (exact) mass is 368 g/mol. The first kappa shape index (κ1) is 17.4. The minimum absolute atomic E-state index is 0.158. The summed E-state index contributed by atoms with van der Waals surface area (Å²) in [6.07, 6.45) is 3.69. The molecule has 1 aliphatic rings. The van der Waals surface area contributed by atoms with Crippen LogP contribution in [0.1, 0.15) is 23.7 Å². The standard InChI is InChI=1S/C16H21ClN4O2S/c1-24(22,23)19-9-7-16-12-20(11-15-6-8-18-21(15)16)10-13-2-4-14(17)5-3-13/h2-6,8,16,19H,7,9-12H2,1H3/t16-/m0/s1. The summed E-state index contributed by atoms with van der Waals surface area (Å²) in [6, 6.07) is 10.1. The lowest BCUT2D eigenvalue weighted by atomic mass is 10.1. The van der Waals surface area contributed by atoms with E-state index in [1.165, 1.54) is 11.8 Å². The Hall–Kier alpha value is -1.41. The van der Waals surface area contributed by atoms with E-state index in [0.717, 1.165) is 30.4 Å². The first-order valence-electron chi connectivity index (χ1n) is 7.84. The van der Waals surface area contributed by atoms with Crippen molar-refractivity contribution in [2.24, 2.45) is 0 Å². The quantitative estimate of drug-likeness (QED) is 0.847. The van der Waals surface area contributed by atoms with Crippen LogP contribution in [0.3, 0.4) is 0 Å². The summed E-state index contributed by atoms with van der Waals surface area (Å²) < 4.78 is 27.1. The maximum Gasteiger partial charge on any atom is 0.208 e. The van der Waals surface area contributed by atoms with Gasteiger partial charge in [0.25, 0.3) is 0 Å². The zero-order valence-electron chi connectivity index (χ0n) is 13.5. The van der Waals surface area contributed by atoms with E-state index in [2.05, 4.69) is 14.7 Å². The highest BCUT2D eigenvalue weighted by atomic mass is 35.5. The highest BCUT2D eigenvalue weighted by Crippen LogP contribution is 2.24. The predicted molar refractivity (Wildman–Crippen MR) is 94.3 cm³/mol. The van der Waals surface area contributed by atoms with Crippen molar-refractivity contribution >= 4 is 21.6 Å². The Balaban J connectivity index is 1.67. The van der Waals surface area contributed by atoms with Crippen molar-refractivity contribution in [1.82, 2.24) is 19.4 Å². The second-order valence-electron chi connectivity index (χ2n) is 6.17. The Morgan fingerprint density at radius 2 is 2.04 bits per heavy atom. The molecule has 2 aromatic rings. The summed E-state index contributed by atoms with van der Waals surface area (Å²) in [7, 11) is -3.16. The minimum Gasteiger partial charge on any atom is -0.291 e. The molecule has 3 rings (SSSR count). The lowest BCUT2D eigenvalue weighted by Gasteiger charge is -2.34. The number of hydrogen-bond donors (Lipinski definition) is 1. The average Bonchev–Trinajstić information content (AvgIpc) is 2.97. The molecule has 1 N–H and O–H groups in total.